The van der Waals surface area contributed by atoms with Crippen LogP contribution in [0.1, 0.15) is 6.42 Å². The van der Waals surface area contributed by atoms with Crippen molar-refractivity contribution in [3.63, 3.8) is 0 Å². The van der Waals surface area contributed by atoms with E-state index < -0.39 is 10.7 Å². The lowest BCUT2D eigenvalue weighted by Crippen LogP contribution is -2.16. The van der Waals surface area contributed by atoms with Gasteiger partial charge in [0.2, 0.25) is 5.91 Å². The van der Waals surface area contributed by atoms with E-state index in [2.05, 4.69) is 15.6 Å². The van der Waals surface area contributed by atoms with Crippen LogP contribution < -0.4 is 10.6 Å². The molecule has 0 saturated heterocycles. The lowest BCUT2D eigenvalue weighted by atomic mass is 10.2. The van der Waals surface area contributed by atoms with Crippen LogP contribution in [0.3, 0.4) is 0 Å². The van der Waals surface area contributed by atoms with E-state index in [1.807, 2.05) is 0 Å². The summed E-state index contributed by atoms with van der Waals surface area (Å²) in [6.45, 7) is 0.201. The highest BCUT2D eigenvalue weighted by Gasteiger charge is 2.12. The number of amides is 1. The van der Waals surface area contributed by atoms with Crippen molar-refractivity contribution in [1.29, 1.82) is 0 Å². The second kappa shape index (κ2) is 8.09. The maximum Gasteiger partial charge on any atom is 0.292 e. The highest BCUT2D eigenvalue weighted by Crippen LogP contribution is 2.23. The number of carbonyl (C=O) groups excluding carboxylic acids is 1. The van der Waals surface area contributed by atoms with Gasteiger partial charge in [-0.3, -0.25) is 14.9 Å². The van der Waals surface area contributed by atoms with Gasteiger partial charge >= 0.3 is 0 Å². The zero-order chi connectivity index (χ0) is 19.2. The summed E-state index contributed by atoms with van der Waals surface area (Å²) in [5.74, 6) is -0.834. The van der Waals surface area contributed by atoms with Crippen LogP contribution in [0, 0.1) is 15.9 Å². The van der Waals surface area contributed by atoms with Crippen molar-refractivity contribution in [2.75, 3.05) is 17.2 Å². The zero-order valence-electron chi connectivity index (χ0n) is 14.1. The summed E-state index contributed by atoms with van der Waals surface area (Å²) >= 11 is 0. The minimum absolute atomic E-state index is 0.0601. The molecule has 1 heterocycles. The lowest BCUT2D eigenvalue weighted by molar-refractivity contribution is -0.384. The average molecular weight is 369 g/mol. The predicted octanol–water partition coefficient (Wildman–Crippen LogP) is 3.36. The fourth-order valence-electron chi connectivity index (χ4n) is 2.51. The molecule has 0 radical (unpaired) electrons. The molecule has 27 heavy (non-hydrogen) atoms. The van der Waals surface area contributed by atoms with Gasteiger partial charge in [-0.25, -0.2) is 9.37 Å². The summed E-state index contributed by atoms with van der Waals surface area (Å²) in [7, 11) is 0. The van der Waals surface area contributed by atoms with Crippen LogP contribution in [0.25, 0.3) is 5.69 Å². The Balaban J connectivity index is 1.56. The van der Waals surface area contributed by atoms with E-state index in [1.54, 1.807) is 36.7 Å². The number of benzene rings is 2. The Bertz CT molecular complexity index is 959. The topological polar surface area (TPSA) is 102 Å². The maximum absolute atomic E-state index is 14.2. The van der Waals surface area contributed by atoms with Crippen molar-refractivity contribution in [1.82, 2.24) is 9.55 Å². The summed E-state index contributed by atoms with van der Waals surface area (Å²) in [4.78, 5) is 26.3. The van der Waals surface area contributed by atoms with E-state index in [0.717, 1.165) is 0 Å². The minimum atomic E-state index is -0.496. The van der Waals surface area contributed by atoms with Gasteiger partial charge in [-0.15, -0.1) is 0 Å². The minimum Gasteiger partial charge on any atom is -0.379 e. The fourth-order valence-corrected chi connectivity index (χ4v) is 2.51. The Hall–Kier alpha value is -3.75. The van der Waals surface area contributed by atoms with Crippen molar-refractivity contribution in [2.45, 2.75) is 6.42 Å². The highest BCUT2D eigenvalue weighted by atomic mass is 19.1. The number of nitrogens with zero attached hydrogens (tertiary/aromatic N) is 3. The smallest absolute Gasteiger partial charge is 0.292 e. The molecule has 1 aromatic heterocycles. The fraction of sp³-hybridized carbons (Fsp3) is 0.111. The Morgan fingerprint density at radius 2 is 2.07 bits per heavy atom. The van der Waals surface area contributed by atoms with Crippen LogP contribution in [0.15, 0.2) is 61.2 Å². The molecule has 0 bridgehead atoms. The number of halogens is 1. The molecule has 3 aromatic rings. The number of nitrogens with one attached hydrogen (secondary N) is 2. The summed E-state index contributed by atoms with van der Waals surface area (Å²) in [6.07, 6.45) is 4.70. The molecule has 0 aliphatic heterocycles. The molecule has 9 heteroatoms. The van der Waals surface area contributed by atoms with Crippen LogP contribution in [-0.4, -0.2) is 26.9 Å². The summed E-state index contributed by atoms with van der Waals surface area (Å²) in [5, 5.41) is 16.4. The second-order valence-electron chi connectivity index (χ2n) is 5.64. The molecule has 2 N–H and O–H groups in total. The Morgan fingerprint density at radius 1 is 1.26 bits per heavy atom. The molecule has 0 saturated carbocycles. The Morgan fingerprint density at radius 3 is 2.78 bits per heavy atom. The largest absolute Gasteiger partial charge is 0.379 e. The van der Waals surface area contributed by atoms with Crippen molar-refractivity contribution < 1.29 is 14.1 Å². The number of rotatable bonds is 7. The first-order valence-electron chi connectivity index (χ1n) is 8.09. The zero-order valence-corrected chi connectivity index (χ0v) is 14.1. The van der Waals surface area contributed by atoms with Crippen molar-refractivity contribution in [3.05, 3.63) is 77.1 Å². The molecular weight excluding hydrogens is 353 g/mol. The molecule has 8 nitrogen and oxygen atoms in total. The van der Waals surface area contributed by atoms with Crippen molar-refractivity contribution in [3.8, 4) is 5.69 Å². The maximum atomic E-state index is 14.2. The van der Waals surface area contributed by atoms with E-state index >= 15 is 0 Å². The lowest BCUT2D eigenvalue weighted by Gasteiger charge is -2.09. The van der Waals surface area contributed by atoms with E-state index in [1.165, 1.54) is 29.1 Å². The number of hydrogen-bond donors (Lipinski definition) is 2. The Kier molecular flexibility index (Phi) is 5.41. The quantitative estimate of drug-likeness (QED) is 0.491. The molecular formula is C18H16FN5O3. The number of para-hydroxylation sites is 2. The molecule has 138 valence electrons. The van der Waals surface area contributed by atoms with Gasteiger partial charge in [-0.05, 0) is 24.3 Å². The van der Waals surface area contributed by atoms with Crippen LogP contribution in [-0.2, 0) is 4.79 Å². The van der Waals surface area contributed by atoms with Crippen LogP contribution >= 0.6 is 0 Å². The first-order chi connectivity index (χ1) is 13.0. The number of aromatic nitrogens is 2. The number of imidazole rings is 1. The number of hydrogen-bond acceptors (Lipinski definition) is 5. The van der Waals surface area contributed by atoms with Gasteiger partial charge in [0.05, 0.1) is 16.9 Å². The van der Waals surface area contributed by atoms with Gasteiger partial charge in [-0.2, -0.15) is 0 Å². The molecule has 0 fully saturated rings. The molecule has 1 amide bonds. The number of carbonyl (C=O) groups is 1. The van der Waals surface area contributed by atoms with Gasteiger partial charge in [0.25, 0.3) is 5.69 Å². The standard InChI is InChI=1S/C18H16FN5O3/c19-14-11-13(5-6-16(14)23-10-9-20-12-23)22-18(25)7-8-21-15-3-1-2-4-17(15)24(26)27/h1-6,9-12,21H,7-8H2,(H,22,25). The van der Waals surface area contributed by atoms with E-state index in [0.29, 0.717) is 17.1 Å². The van der Waals surface area contributed by atoms with Gasteiger partial charge < -0.3 is 15.2 Å². The summed E-state index contributed by atoms with van der Waals surface area (Å²) in [5.41, 5.74) is 0.928. The normalized spacial score (nSPS) is 10.4. The molecule has 0 aliphatic carbocycles. The summed E-state index contributed by atoms with van der Waals surface area (Å²) in [6, 6.07) is 10.5. The van der Waals surface area contributed by atoms with Crippen LogP contribution in [0.5, 0.6) is 0 Å². The van der Waals surface area contributed by atoms with Crippen LogP contribution in [0.2, 0.25) is 0 Å². The van der Waals surface area contributed by atoms with Gasteiger partial charge in [0.15, 0.2) is 0 Å². The van der Waals surface area contributed by atoms with Crippen molar-refractivity contribution >= 4 is 23.0 Å². The van der Waals surface area contributed by atoms with E-state index in [4.69, 9.17) is 0 Å². The third kappa shape index (κ3) is 4.46. The average Bonchev–Trinajstić information content (AvgIpc) is 3.16. The number of nitro benzene ring substituents is 1. The molecule has 0 unspecified atom stereocenters. The van der Waals surface area contributed by atoms with Gasteiger partial charge in [0, 0.05) is 37.1 Å². The van der Waals surface area contributed by atoms with E-state index in [-0.39, 0.29) is 24.6 Å². The third-order valence-electron chi connectivity index (χ3n) is 3.78. The SMILES string of the molecule is O=C(CCNc1ccccc1[N+](=O)[O-])Nc1ccc(-n2ccnc2)c(F)c1. The molecule has 0 atom stereocenters. The Labute approximate surface area is 153 Å². The van der Waals surface area contributed by atoms with Crippen LogP contribution in [0.4, 0.5) is 21.5 Å². The molecule has 3 rings (SSSR count). The highest BCUT2D eigenvalue weighted by molar-refractivity contribution is 5.91. The van der Waals surface area contributed by atoms with Gasteiger partial charge in [-0.1, -0.05) is 12.1 Å². The molecule has 0 spiro atoms. The summed E-state index contributed by atoms with van der Waals surface area (Å²) < 4.78 is 15.7. The van der Waals surface area contributed by atoms with E-state index in [9.17, 15) is 19.3 Å². The van der Waals surface area contributed by atoms with Crippen molar-refractivity contribution in [2.24, 2.45) is 0 Å². The second-order valence-corrected chi connectivity index (χ2v) is 5.64. The number of nitro groups is 1. The number of anilines is 2. The molecule has 0 aliphatic rings. The predicted molar refractivity (Wildman–Crippen MR) is 98.4 cm³/mol. The third-order valence-corrected chi connectivity index (χ3v) is 3.78. The monoisotopic (exact) mass is 369 g/mol. The first kappa shape index (κ1) is 18.1. The molecule has 2 aromatic carbocycles. The first-order valence-corrected chi connectivity index (χ1v) is 8.09. The van der Waals surface area contributed by atoms with Gasteiger partial charge in [0.1, 0.15) is 11.5 Å².